The Kier molecular flexibility index (Phi) is 3.47. The third-order valence-electron chi connectivity index (χ3n) is 1.86. The zero-order chi connectivity index (χ0) is 8.97. The summed E-state index contributed by atoms with van der Waals surface area (Å²) in [5.74, 6) is 0.781. The van der Waals surface area contributed by atoms with Crippen LogP contribution in [0.4, 0.5) is 0 Å². The second-order valence-electron chi connectivity index (χ2n) is 3.21. The van der Waals surface area contributed by atoms with Crippen LogP contribution in [0.15, 0.2) is 0 Å². The summed E-state index contributed by atoms with van der Waals surface area (Å²) in [4.78, 5) is 11.5. The molecule has 1 saturated carbocycles. The third kappa shape index (κ3) is 4.28. The van der Waals surface area contributed by atoms with Gasteiger partial charge in [0.05, 0.1) is 4.99 Å². The Balaban J connectivity index is 1.97. The summed E-state index contributed by atoms with van der Waals surface area (Å²) in [5, 5.41) is 2.78. The lowest BCUT2D eigenvalue weighted by Crippen LogP contribution is -2.27. The summed E-state index contributed by atoms with van der Waals surface area (Å²) in [6, 6.07) is 0. The van der Waals surface area contributed by atoms with Crippen molar-refractivity contribution in [3.63, 3.8) is 0 Å². The number of hydrogen-bond acceptors (Lipinski definition) is 2. The molecule has 3 nitrogen and oxygen atoms in total. The normalized spacial score (nSPS) is 15.7. The minimum absolute atomic E-state index is 0.133. The van der Waals surface area contributed by atoms with Crippen molar-refractivity contribution in [3.05, 3.63) is 0 Å². The van der Waals surface area contributed by atoms with Gasteiger partial charge in [0.1, 0.15) is 0 Å². The number of nitrogens with two attached hydrogens (primary N) is 1. The molecule has 0 radical (unpaired) electrons. The highest BCUT2D eigenvalue weighted by atomic mass is 32.1. The van der Waals surface area contributed by atoms with Gasteiger partial charge in [-0.15, -0.1) is 0 Å². The molecule has 0 aliphatic heterocycles. The van der Waals surface area contributed by atoms with Crippen molar-refractivity contribution in [2.75, 3.05) is 6.54 Å². The highest BCUT2D eigenvalue weighted by molar-refractivity contribution is 7.80. The first kappa shape index (κ1) is 9.45. The van der Waals surface area contributed by atoms with Gasteiger partial charge in [-0.05, 0) is 18.8 Å². The van der Waals surface area contributed by atoms with Crippen LogP contribution in [-0.2, 0) is 4.79 Å². The fourth-order valence-electron chi connectivity index (χ4n) is 0.981. The summed E-state index contributed by atoms with van der Waals surface area (Å²) in [6.07, 6.45) is 3.70. The molecule has 1 rings (SSSR count). The van der Waals surface area contributed by atoms with Crippen molar-refractivity contribution < 1.29 is 4.79 Å². The van der Waals surface area contributed by atoms with Crippen molar-refractivity contribution >= 4 is 23.1 Å². The summed E-state index contributed by atoms with van der Waals surface area (Å²) in [5.41, 5.74) is 5.27. The van der Waals surface area contributed by atoms with Gasteiger partial charge in [-0.3, -0.25) is 4.79 Å². The van der Waals surface area contributed by atoms with E-state index in [9.17, 15) is 4.79 Å². The molecule has 3 N–H and O–H groups in total. The molecule has 4 heteroatoms. The van der Waals surface area contributed by atoms with E-state index in [0.717, 1.165) is 0 Å². The Morgan fingerprint density at radius 3 is 2.75 bits per heavy atom. The monoisotopic (exact) mass is 186 g/mol. The number of thiocarbonyl (C=S) groups is 1. The molecule has 0 saturated heterocycles. The molecule has 0 aromatic carbocycles. The molecule has 1 fully saturated rings. The van der Waals surface area contributed by atoms with Crippen molar-refractivity contribution in [1.82, 2.24) is 5.32 Å². The van der Waals surface area contributed by atoms with E-state index in [-0.39, 0.29) is 5.91 Å². The minimum Gasteiger partial charge on any atom is -0.393 e. The lowest BCUT2D eigenvalue weighted by Gasteiger charge is -2.02. The van der Waals surface area contributed by atoms with E-state index in [1.165, 1.54) is 12.8 Å². The third-order valence-corrected chi connectivity index (χ3v) is 2.07. The smallest absolute Gasteiger partial charge is 0.220 e. The number of carbonyl (C=O) groups is 1. The average molecular weight is 186 g/mol. The van der Waals surface area contributed by atoms with Gasteiger partial charge < -0.3 is 11.1 Å². The van der Waals surface area contributed by atoms with Crippen molar-refractivity contribution in [2.45, 2.75) is 25.7 Å². The van der Waals surface area contributed by atoms with E-state index in [0.29, 0.717) is 30.3 Å². The molecule has 12 heavy (non-hydrogen) atoms. The van der Waals surface area contributed by atoms with E-state index in [1.807, 2.05) is 0 Å². The number of carbonyl (C=O) groups excluding carboxylic acids is 1. The van der Waals surface area contributed by atoms with Crippen LogP contribution < -0.4 is 11.1 Å². The Bertz CT molecular complexity index is 189. The fourth-order valence-corrected chi connectivity index (χ4v) is 1.08. The predicted octanol–water partition coefficient (Wildman–Crippen LogP) is 0.579. The molecule has 0 bridgehead atoms. The molecular formula is C8H14N2OS. The van der Waals surface area contributed by atoms with E-state index in [1.54, 1.807) is 0 Å². The van der Waals surface area contributed by atoms with Gasteiger partial charge in [-0.2, -0.15) is 0 Å². The van der Waals surface area contributed by atoms with E-state index in [4.69, 9.17) is 5.73 Å². The molecule has 68 valence electrons. The van der Waals surface area contributed by atoms with Gasteiger partial charge in [-0.25, -0.2) is 0 Å². The first-order valence-electron chi connectivity index (χ1n) is 4.23. The summed E-state index contributed by atoms with van der Waals surface area (Å²) >= 11 is 4.67. The second-order valence-corrected chi connectivity index (χ2v) is 3.74. The quantitative estimate of drug-likeness (QED) is 0.617. The second kappa shape index (κ2) is 4.40. The first-order chi connectivity index (χ1) is 5.68. The van der Waals surface area contributed by atoms with Crippen LogP contribution in [-0.4, -0.2) is 17.4 Å². The topological polar surface area (TPSA) is 55.1 Å². The van der Waals surface area contributed by atoms with Crippen LogP contribution in [0.2, 0.25) is 0 Å². The average Bonchev–Trinajstić information content (AvgIpc) is 2.70. The molecular weight excluding hydrogens is 172 g/mol. The molecule has 1 amide bonds. The number of nitrogens with one attached hydrogen (secondary N) is 1. The molecule has 1 aliphatic carbocycles. The SMILES string of the molecule is NC(=S)CCNC(=O)CC1CC1. The van der Waals surface area contributed by atoms with Crippen molar-refractivity contribution in [2.24, 2.45) is 11.7 Å². The van der Waals surface area contributed by atoms with Gasteiger partial charge in [0.2, 0.25) is 5.91 Å². The lowest BCUT2D eigenvalue weighted by atomic mass is 10.3. The van der Waals surface area contributed by atoms with E-state index < -0.39 is 0 Å². The van der Waals surface area contributed by atoms with Crippen LogP contribution in [0.1, 0.15) is 25.7 Å². The Morgan fingerprint density at radius 2 is 2.25 bits per heavy atom. The van der Waals surface area contributed by atoms with E-state index >= 15 is 0 Å². The molecule has 0 atom stereocenters. The molecule has 0 heterocycles. The Morgan fingerprint density at radius 1 is 1.58 bits per heavy atom. The molecule has 0 aromatic heterocycles. The van der Waals surface area contributed by atoms with Gasteiger partial charge in [0.15, 0.2) is 0 Å². The highest BCUT2D eigenvalue weighted by Crippen LogP contribution is 2.31. The fraction of sp³-hybridized carbons (Fsp3) is 0.750. The molecule has 0 spiro atoms. The number of amides is 1. The molecule has 1 aliphatic rings. The maximum absolute atomic E-state index is 11.1. The number of rotatable bonds is 5. The van der Waals surface area contributed by atoms with Crippen LogP contribution in [0.3, 0.4) is 0 Å². The molecule has 0 aromatic rings. The maximum atomic E-state index is 11.1. The lowest BCUT2D eigenvalue weighted by molar-refractivity contribution is -0.121. The minimum atomic E-state index is 0.133. The van der Waals surface area contributed by atoms with Crippen LogP contribution in [0.25, 0.3) is 0 Å². The zero-order valence-corrected chi connectivity index (χ0v) is 7.82. The van der Waals surface area contributed by atoms with Crippen molar-refractivity contribution in [3.8, 4) is 0 Å². The van der Waals surface area contributed by atoms with Crippen LogP contribution in [0, 0.1) is 5.92 Å². The van der Waals surface area contributed by atoms with Crippen molar-refractivity contribution in [1.29, 1.82) is 0 Å². The summed E-state index contributed by atoms with van der Waals surface area (Å²) < 4.78 is 0. The number of hydrogen-bond donors (Lipinski definition) is 2. The largest absolute Gasteiger partial charge is 0.393 e. The molecule has 0 unspecified atom stereocenters. The summed E-state index contributed by atoms with van der Waals surface area (Å²) in [7, 11) is 0. The predicted molar refractivity (Wildman–Crippen MR) is 51.8 cm³/mol. The van der Waals surface area contributed by atoms with Gasteiger partial charge in [0, 0.05) is 19.4 Å². The first-order valence-corrected chi connectivity index (χ1v) is 4.64. The van der Waals surface area contributed by atoms with Gasteiger partial charge in [0.25, 0.3) is 0 Å². The standard InChI is InChI=1S/C8H14N2OS/c9-7(12)3-4-10-8(11)5-6-1-2-6/h6H,1-5H2,(H2,9,12)(H,10,11). The van der Waals surface area contributed by atoms with Gasteiger partial charge in [-0.1, -0.05) is 12.2 Å². The van der Waals surface area contributed by atoms with Crippen LogP contribution >= 0.6 is 12.2 Å². The van der Waals surface area contributed by atoms with Crippen LogP contribution in [0.5, 0.6) is 0 Å². The Labute approximate surface area is 77.7 Å². The zero-order valence-electron chi connectivity index (χ0n) is 7.01. The maximum Gasteiger partial charge on any atom is 0.220 e. The van der Waals surface area contributed by atoms with Gasteiger partial charge >= 0.3 is 0 Å². The Hall–Kier alpha value is -0.640. The van der Waals surface area contributed by atoms with E-state index in [2.05, 4.69) is 17.5 Å². The summed E-state index contributed by atoms with van der Waals surface area (Å²) in [6.45, 7) is 0.584. The highest BCUT2D eigenvalue weighted by Gasteiger charge is 2.23.